The lowest BCUT2D eigenvalue weighted by atomic mass is 10.2. The molecule has 2 heterocycles. The highest BCUT2D eigenvalue weighted by Gasteiger charge is 2.19. The Balaban J connectivity index is 1.50. The minimum atomic E-state index is 0.0666. The minimum Gasteiger partial charge on any atom is -0.486 e. The van der Waals surface area contributed by atoms with E-state index in [0.717, 1.165) is 28.4 Å². The molecule has 3 nitrogen and oxygen atoms in total. The van der Waals surface area contributed by atoms with E-state index in [2.05, 4.69) is 32.7 Å². The Morgan fingerprint density at radius 3 is 2.95 bits per heavy atom. The molecule has 1 aromatic carbocycles. The number of hydrogen-bond acceptors (Lipinski definition) is 4. The van der Waals surface area contributed by atoms with Crippen molar-refractivity contribution in [2.45, 2.75) is 12.6 Å². The number of rotatable bonds is 4. The molecule has 5 heteroatoms. The maximum absolute atomic E-state index is 5.88. The fourth-order valence-corrected chi connectivity index (χ4v) is 3.19. The number of halogens is 1. The Morgan fingerprint density at radius 1 is 1.32 bits per heavy atom. The third kappa shape index (κ3) is 3.29. The van der Waals surface area contributed by atoms with E-state index in [1.54, 1.807) is 11.3 Å². The molecule has 0 bridgehead atoms. The van der Waals surface area contributed by atoms with Crippen molar-refractivity contribution >= 4 is 27.3 Å². The van der Waals surface area contributed by atoms with Gasteiger partial charge in [-0.15, -0.1) is 11.3 Å². The molecular weight excluding hydrogens is 326 g/mol. The standard InChI is InChI=1S/C14H14BrNO2S/c15-14-5-10(9-19-14)6-16-7-11-8-17-12-3-1-2-4-13(12)18-11/h1-5,9,11,16H,6-8H2. The van der Waals surface area contributed by atoms with Crippen molar-refractivity contribution in [1.29, 1.82) is 0 Å². The largest absolute Gasteiger partial charge is 0.486 e. The van der Waals surface area contributed by atoms with Crippen molar-refractivity contribution in [1.82, 2.24) is 5.32 Å². The molecule has 0 spiro atoms. The molecule has 0 aliphatic carbocycles. The number of fused-ring (bicyclic) bond motifs is 1. The first-order valence-corrected chi connectivity index (χ1v) is 7.80. The molecule has 2 aromatic rings. The van der Waals surface area contributed by atoms with Gasteiger partial charge in [0, 0.05) is 13.1 Å². The molecule has 1 N–H and O–H groups in total. The van der Waals surface area contributed by atoms with Crippen LogP contribution >= 0.6 is 27.3 Å². The van der Waals surface area contributed by atoms with Crippen molar-refractivity contribution in [3.8, 4) is 11.5 Å². The Labute approximate surface area is 124 Å². The second kappa shape index (κ2) is 5.94. The summed E-state index contributed by atoms with van der Waals surface area (Å²) in [7, 11) is 0. The molecule has 0 amide bonds. The van der Waals surface area contributed by atoms with Crippen molar-refractivity contribution in [2.24, 2.45) is 0 Å². The SMILES string of the molecule is Brc1cc(CNCC2COc3ccccc3O2)cs1. The summed E-state index contributed by atoms with van der Waals surface area (Å²) in [6.45, 7) is 2.22. The quantitative estimate of drug-likeness (QED) is 0.925. The molecule has 1 unspecified atom stereocenters. The van der Waals surface area contributed by atoms with Crippen LogP contribution in [0, 0.1) is 0 Å². The average Bonchev–Trinajstić information content (AvgIpc) is 2.84. The summed E-state index contributed by atoms with van der Waals surface area (Å²) < 4.78 is 12.7. The lowest BCUT2D eigenvalue weighted by Gasteiger charge is -2.26. The lowest BCUT2D eigenvalue weighted by Crippen LogP contribution is -2.38. The Hall–Kier alpha value is -1.04. The van der Waals surface area contributed by atoms with Gasteiger partial charge in [-0.05, 0) is 45.1 Å². The number of benzene rings is 1. The van der Waals surface area contributed by atoms with E-state index in [0.29, 0.717) is 6.61 Å². The summed E-state index contributed by atoms with van der Waals surface area (Å²) in [6.07, 6.45) is 0.0666. The van der Waals surface area contributed by atoms with Crippen LogP contribution in [-0.4, -0.2) is 19.3 Å². The van der Waals surface area contributed by atoms with E-state index >= 15 is 0 Å². The van der Waals surface area contributed by atoms with Gasteiger partial charge < -0.3 is 14.8 Å². The van der Waals surface area contributed by atoms with Crippen LogP contribution in [-0.2, 0) is 6.54 Å². The van der Waals surface area contributed by atoms with Crippen LogP contribution in [0.15, 0.2) is 39.5 Å². The van der Waals surface area contributed by atoms with Crippen LogP contribution < -0.4 is 14.8 Å². The monoisotopic (exact) mass is 339 g/mol. The van der Waals surface area contributed by atoms with Crippen LogP contribution in [0.4, 0.5) is 0 Å². The first-order valence-electron chi connectivity index (χ1n) is 6.13. The first kappa shape index (κ1) is 13.0. The number of hydrogen-bond donors (Lipinski definition) is 1. The summed E-state index contributed by atoms with van der Waals surface area (Å²) in [4.78, 5) is 0. The van der Waals surface area contributed by atoms with E-state index in [-0.39, 0.29) is 6.10 Å². The van der Waals surface area contributed by atoms with Gasteiger partial charge in [0.05, 0.1) is 3.79 Å². The minimum absolute atomic E-state index is 0.0666. The fraction of sp³-hybridized carbons (Fsp3) is 0.286. The van der Waals surface area contributed by atoms with Gasteiger partial charge in [-0.3, -0.25) is 0 Å². The second-order valence-electron chi connectivity index (χ2n) is 4.39. The van der Waals surface area contributed by atoms with Gasteiger partial charge in [0.1, 0.15) is 12.7 Å². The maximum atomic E-state index is 5.88. The molecule has 1 aliphatic heterocycles. The summed E-state index contributed by atoms with van der Waals surface area (Å²) in [5.41, 5.74) is 1.29. The Bertz CT molecular complexity index is 558. The predicted octanol–water partition coefficient (Wildman–Crippen LogP) is 3.44. The lowest BCUT2D eigenvalue weighted by molar-refractivity contribution is 0.0902. The zero-order chi connectivity index (χ0) is 13.1. The van der Waals surface area contributed by atoms with E-state index in [4.69, 9.17) is 9.47 Å². The van der Waals surface area contributed by atoms with Gasteiger partial charge in [-0.25, -0.2) is 0 Å². The summed E-state index contributed by atoms with van der Waals surface area (Å²) in [5.74, 6) is 1.67. The van der Waals surface area contributed by atoms with Gasteiger partial charge in [0.15, 0.2) is 11.5 Å². The fourth-order valence-electron chi connectivity index (χ4n) is 1.98. The molecule has 0 fully saturated rings. The number of nitrogens with one attached hydrogen (secondary N) is 1. The molecular formula is C14H14BrNO2S. The van der Waals surface area contributed by atoms with Crippen LogP contribution in [0.5, 0.6) is 11.5 Å². The number of para-hydroxylation sites is 2. The summed E-state index contributed by atoms with van der Waals surface area (Å²) in [6, 6.07) is 9.92. The third-order valence-corrected chi connectivity index (χ3v) is 4.44. The molecule has 19 heavy (non-hydrogen) atoms. The van der Waals surface area contributed by atoms with Gasteiger partial charge in [-0.1, -0.05) is 12.1 Å². The van der Waals surface area contributed by atoms with E-state index in [1.807, 2.05) is 24.3 Å². The van der Waals surface area contributed by atoms with Crippen molar-refractivity contribution in [2.75, 3.05) is 13.2 Å². The van der Waals surface area contributed by atoms with Gasteiger partial charge in [-0.2, -0.15) is 0 Å². The highest BCUT2D eigenvalue weighted by Crippen LogP contribution is 2.30. The molecule has 0 saturated heterocycles. The topological polar surface area (TPSA) is 30.5 Å². The zero-order valence-corrected chi connectivity index (χ0v) is 12.7. The van der Waals surface area contributed by atoms with Crippen molar-refractivity contribution < 1.29 is 9.47 Å². The van der Waals surface area contributed by atoms with Gasteiger partial charge in [0.2, 0.25) is 0 Å². The van der Waals surface area contributed by atoms with Gasteiger partial charge >= 0.3 is 0 Å². The van der Waals surface area contributed by atoms with E-state index in [9.17, 15) is 0 Å². The van der Waals surface area contributed by atoms with E-state index in [1.165, 1.54) is 5.56 Å². The van der Waals surface area contributed by atoms with Crippen molar-refractivity contribution in [3.63, 3.8) is 0 Å². The Morgan fingerprint density at radius 2 is 2.16 bits per heavy atom. The Kier molecular flexibility index (Phi) is 4.06. The van der Waals surface area contributed by atoms with E-state index < -0.39 is 0 Å². The summed E-state index contributed by atoms with van der Waals surface area (Å²) >= 11 is 5.17. The van der Waals surface area contributed by atoms with Crippen LogP contribution in [0.3, 0.4) is 0 Å². The predicted molar refractivity (Wildman–Crippen MR) is 80.1 cm³/mol. The first-order chi connectivity index (χ1) is 9.31. The van der Waals surface area contributed by atoms with Gasteiger partial charge in [0.25, 0.3) is 0 Å². The zero-order valence-electron chi connectivity index (χ0n) is 10.3. The summed E-state index contributed by atoms with van der Waals surface area (Å²) in [5, 5.41) is 5.54. The molecule has 0 saturated carbocycles. The normalized spacial score (nSPS) is 17.4. The third-order valence-electron chi connectivity index (χ3n) is 2.89. The molecule has 3 rings (SSSR count). The smallest absolute Gasteiger partial charge is 0.161 e. The second-order valence-corrected chi connectivity index (χ2v) is 6.68. The number of ether oxygens (including phenoxy) is 2. The van der Waals surface area contributed by atoms with Crippen LogP contribution in [0.25, 0.3) is 0 Å². The van der Waals surface area contributed by atoms with Crippen molar-refractivity contribution in [3.05, 3.63) is 45.1 Å². The molecule has 1 atom stereocenters. The van der Waals surface area contributed by atoms with Crippen LogP contribution in [0.2, 0.25) is 0 Å². The van der Waals surface area contributed by atoms with Crippen LogP contribution in [0.1, 0.15) is 5.56 Å². The average molecular weight is 340 g/mol. The molecule has 100 valence electrons. The maximum Gasteiger partial charge on any atom is 0.161 e. The molecule has 1 aliphatic rings. The molecule has 1 aromatic heterocycles. The highest BCUT2D eigenvalue weighted by atomic mass is 79.9. The number of thiophene rings is 1. The highest BCUT2D eigenvalue weighted by molar-refractivity contribution is 9.11. The molecule has 0 radical (unpaired) electrons.